The van der Waals surface area contributed by atoms with Crippen LogP contribution in [0.15, 0.2) is 24.3 Å². The third-order valence-corrected chi connectivity index (χ3v) is 5.41. The number of benzene rings is 1. The summed E-state index contributed by atoms with van der Waals surface area (Å²) >= 11 is 0. The Morgan fingerprint density at radius 2 is 1.69 bits per heavy atom. The lowest BCUT2D eigenvalue weighted by molar-refractivity contribution is -0.136. The summed E-state index contributed by atoms with van der Waals surface area (Å²) in [5.41, 5.74) is 0.145. The molecule has 2 aliphatic rings. The average Bonchev–Trinajstić information content (AvgIpc) is 2.78. The van der Waals surface area contributed by atoms with E-state index in [9.17, 15) is 19.2 Å². The van der Waals surface area contributed by atoms with Crippen molar-refractivity contribution in [2.24, 2.45) is 11.3 Å². The van der Waals surface area contributed by atoms with E-state index in [1.165, 1.54) is 6.92 Å². The zero-order valence-corrected chi connectivity index (χ0v) is 17.3. The minimum atomic E-state index is -0.918. The van der Waals surface area contributed by atoms with Gasteiger partial charge in [-0.3, -0.25) is 19.3 Å². The third kappa shape index (κ3) is 4.58. The molecule has 0 aromatic heterocycles. The van der Waals surface area contributed by atoms with Gasteiger partial charge in [0, 0.05) is 18.3 Å². The van der Waals surface area contributed by atoms with Crippen molar-refractivity contribution in [3.05, 3.63) is 24.3 Å². The molecule has 1 aliphatic heterocycles. The van der Waals surface area contributed by atoms with E-state index in [2.05, 4.69) is 36.7 Å². The van der Waals surface area contributed by atoms with E-state index in [4.69, 9.17) is 0 Å². The summed E-state index contributed by atoms with van der Waals surface area (Å²) in [5, 5.41) is 8.19. The lowest BCUT2D eigenvalue weighted by Gasteiger charge is -2.43. The predicted octanol–water partition coefficient (Wildman–Crippen LogP) is 2.72. The molecular formula is C21H28N4O4. The second-order valence-electron chi connectivity index (χ2n) is 9.06. The molecule has 0 radical (unpaired) electrons. The smallest absolute Gasteiger partial charge is 0.325 e. The van der Waals surface area contributed by atoms with E-state index in [0.29, 0.717) is 30.1 Å². The van der Waals surface area contributed by atoms with Gasteiger partial charge in [0.25, 0.3) is 5.91 Å². The van der Waals surface area contributed by atoms with Gasteiger partial charge in [-0.2, -0.15) is 0 Å². The molecule has 1 saturated carbocycles. The highest BCUT2D eigenvalue weighted by molar-refractivity contribution is 6.10. The van der Waals surface area contributed by atoms with Gasteiger partial charge in [-0.15, -0.1) is 0 Å². The van der Waals surface area contributed by atoms with E-state index in [-0.39, 0.29) is 23.8 Å². The number of carbonyl (C=O) groups excluding carboxylic acids is 4. The van der Waals surface area contributed by atoms with E-state index in [1.807, 2.05) is 0 Å². The summed E-state index contributed by atoms with van der Waals surface area (Å²) in [6.45, 7) is 7.36. The molecule has 1 heterocycles. The summed E-state index contributed by atoms with van der Waals surface area (Å²) in [7, 11) is 0. The fraction of sp³-hybridized carbons (Fsp3) is 0.524. The van der Waals surface area contributed by atoms with Crippen molar-refractivity contribution in [2.45, 2.75) is 52.5 Å². The molecule has 1 aromatic carbocycles. The van der Waals surface area contributed by atoms with Crippen molar-refractivity contribution >= 4 is 35.1 Å². The van der Waals surface area contributed by atoms with E-state index in [0.717, 1.165) is 11.3 Å². The molecule has 5 amide bonds. The van der Waals surface area contributed by atoms with Crippen LogP contribution in [0.2, 0.25) is 0 Å². The molecule has 3 rings (SSSR count). The highest BCUT2D eigenvalue weighted by Crippen LogP contribution is 2.46. The van der Waals surface area contributed by atoms with Crippen LogP contribution in [-0.2, 0) is 14.4 Å². The highest BCUT2D eigenvalue weighted by atomic mass is 16.2. The van der Waals surface area contributed by atoms with Gasteiger partial charge in [-0.1, -0.05) is 20.8 Å². The Hall–Kier alpha value is -2.90. The van der Waals surface area contributed by atoms with Crippen molar-refractivity contribution in [2.75, 3.05) is 17.2 Å². The van der Waals surface area contributed by atoms with Crippen molar-refractivity contribution in [1.82, 2.24) is 10.2 Å². The van der Waals surface area contributed by atoms with Crippen molar-refractivity contribution in [3.8, 4) is 0 Å². The number of nitrogens with one attached hydrogen (secondary N) is 3. The van der Waals surface area contributed by atoms with E-state index < -0.39 is 17.5 Å². The van der Waals surface area contributed by atoms with Crippen molar-refractivity contribution in [3.63, 3.8) is 0 Å². The number of rotatable bonds is 4. The van der Waals surface area contributed by atoms with Gasteiger partial charge in [-0.25, -0.2) is 4.79 Å². The van der Waals surface area contributed by atoms with Gasteiger partial charge in [-0.05, 0) is 54.9 Å². The van der Waals surface area contributed by atoms with Crippen LogP contribution < -0.4 is 16.0 Å². The maximum atomic E-state index is 13.1. The number of nitrogens with zero attached hydrogens (tertiary/aromatic N) is 1. The Morgan fingerprint density at radius 1 is 1.10 bits per heavy atom. The van der Waals surface area contributed by atoms with Crippen molar-refractivity contribution < 1.29 is 19.2 Å². The standard InChI is InChI=1S/C21H28N4O4/c1-13-9-20(3,4)12-21(10-13)18(28)25(19(29)24-21)11-17(27)23-16-7-5-15(6-8-16)22-14(2)26/h5-8,13H,9-12H2,1-4H3,(H,22,26)(H,23,27)(H,24,29)/t13-,21-/m0/s1. The molecule has 0 bridgehead atoms. The zero-order chi connectivity index (χ0) is 21.4. The van der Waals surface area contributed by atoms with Gasteiger partial charge >= 0.3 is 6.03 Å². The Balaban J connectivity index is 1.65. The maximum Gasteiger partial charge on any atom is 0.325 e. The van der Waals surface area contributed by atoms with Gasteiger partial charge in [0.05, 0.1) is 0 Å². The number of anilines is 2. The van der Waals surface area contributed by atoms with E-state index in [1.54, 1.807) is 24.3 Å². The molecule has 3 N–H and O–H groups in total. The quantitative estimate of drug-likeness (QED) is 0.676. The SMILES string of the molecule is CC(=O)Nc1ccc(NC(=O)CN2C(=O)N[C@]3(C[C@@H](C)CC(C)(C)C3)C2=O)cc1. The minimum absolute atomic E-state index is 0.0610. The molecule has 8 heteroatoms. The lowest BCUT2D eigenvalue weighted by atomic mass is 9.64. The first kappa shape index (κ1) is 20.8. The Morgan fingerprint density at radius 3 is 2.24 bits per heavy atom. The fourth-order valence-electron chi connectivity index (χ4n) is 4.83. The molecule has 0 unspecified atom stereocenters. The fourth-order valence-corrected chi connectivity index (χ4v) is 4.83. The first-order valence-corrected chi connectivity index (χ1v) is 9.81. The number of amides is 5. The number of urea groups is 1. The highest BCUT2D eigenvalue weighted by Gasteiger charge is 2.56. The van der Waals surface area contributed by atoms with Gasteiger partial charge in [0.15, 0.2) is 0 Å². The summed E-state index contributed by atoms with van der Waals surface area (Å²) in [6, 6.07) is 6.08. The van der Waals surface area contributed by atoms with Gasteiger partial charge in [0.2, 0.25) is 11.8 Å². The Kier molecular flexibility index (Phi) is 5.38. The van der Waals surface area contributed by atoms with E-state index >= 15 is 0 Å². The van der Waals surface area contributed by atoms with Gasteiger partial charge < -0.3 is 16.0 Å². The molecule has 1 aromatic rings. The molecule has 2 fully saturated rings. The summed E-state index contributed by atoms with van der Waals surface area (Å²) in [4.78, 5) is 50.1. The number of hydrogen-bond acceptors (Lipinski definition) is 4. The maximum absolute atomic E-state index is 13.1. The summed E-state index contributed by atoms with van der Waals surface area (Å²) < 4.78 is 0. The molecular weight excluding hydrogens is 372 g/mol. The first-order valence-electron chi connectivity index (χ1n) is 9.81. The normalized spacial score (nSPS) is 25.7. The molecule has 1 aliphatic carbocycles. The van der Waals surface area contributed by atoms with Crippen molar-refractivity contribution in [1.29, 1.82) is 0 Å². The topological polar surface area (TPSA) is 108 Å². The van der Waals surface area contributed by atoms with Crippen LogP contribution in [0, 0.1) is 11.3 Å². The van der Waals surface area contributed by atoms with Crippen LogP contribution in [-0.4, -0.2) is 40.7 Å². The Labute approximate surface area is 170 Å². The first-order chi connectivity index (χ1) is 13.5. The largest absolute Gasteiger partial charge is 0.326 e. The summed E-state index contributed by atoms with van der Waals surface area (Å²) in [6.07, 6.45) is 2.15. The van der Waals surface area contributed by atoms with Crippen LogP contribution >= 0.6 is 0 Å². The number of carbonyl (C=O) groups is 4. The molecule has 2 atom stereocenters. The van der Waals surface area contributed by atoms with Crippen LogP contribution in [0.25, 0.3) is 0 Å². The van der Waals surface area contributed by atoms with Crippen LogP contribution in [0.3, 0.4) is 0 Å². The molecule has 1 spiro atoms. The summed E-state index contributed by atoms with van der Waals surface area (Å²) in [5.74, 6) is -0.660. The molecule has 8 nitrogen and oxygen atoms in total. The van der Waals surface area contributed by atoms with Crippen LogP contribution in [0.4, 0.5) is 16.2 Å². The molecule has 29 heavy (non-hydrogen) atoms. The number of imide groups is 1. The average molecular weight is 400 g/mol. The van der Waals surface area contributed by atoms with Crippen LogP contribution in [0.1, 0.15) is 47.0 Å². The predicted molar refractivity (Wildman–Crippen MR) is 109 cm³/mol. The number of hydrogen-bond donors (Lipinski definition) is 3. The molecule has 156 valence electrons. The zero-order valence-electron chi connectivity index (χ0n) is 17.3. The second kappa shape index (κ2) is 7.50. The monoisotopic (exact) mass is 400 g/mol. The minimum Gasteiger partial charge on any atom is -0.326 e. The second-order valence-corrected chi connectivity index (χ2v) is 9.06. The molecule has 1 saturated heterocycles. The Bertz CT molecular complexity index is 849. The lowest BCUT2D eigenvalue weighted by Crippen LogP contribution is -2.54. The third-order valence-electron chi connectivity index (χ3n) is 5.41. The van der Waals surface area contributed by atoms with Crippen LogP contribution in [0.5, 0.6) is 0 Å². The van der Waals surface area contributed by atoms with Gasteiger partial charge in [0.1, 0.15) is 12.1 Å².